The van der Waals surface area contributed by atoms with Gasteiger partial charge in [0.1, 0.15) is 0 Å². The van der Waals surface area contributed by atoms with Gasteiger partial charge >= 0.3 is 0 Å². The minimum Gasteiger partial charge on any atom is -0.390 e. The van der Waals surface area contributed by atoms with Crippen molar-refractivity contribution in [2.75, 3.05) is 52.5 Å². The molecule has 3 N–H and O–H groups in total. The van der Waals surface area contributed by atoms with E-state index in [-0.39, 0.29) is 13.2 Å². The third-order valence-corrected chi connectivity index (χ3v) is 2.21. The van der Waals surface area contributed by atoms with Crippen molar-refractivity contribution in [2.24, 2.45) is 0 Å². The van der Waals surface area contributed by atoms with Crippen LogP contribution in [-0.2, 0) is 0 Å². The predicted octanol–water partition coefficient (Wildman–Crippen LogP) is -2.07. The topological polar surface area (TPSA) is 61.6 Å². The zero-order chi connectivity index (χ0) is 9.52. The lowest BCUT2D eigenvalue weighted by Gasteiger charge is -2.27. The maximum absolute atomic E-state index is 8.83. The lowest BCUT2D eigenvalue weighted by molar-refractivity contribution is 0.0296. The van der Waals surface area contributed by atoms with Crippen LogP contribution in [0.5, 0.6) is 0 Å². The molecule has 1 fully saturated rings. The third kappa shape index (κ3) is 3.58. The minimum absolute atomic E-state index is 0.143. The quantitative estimate of drug-likeness (QED) is 0.435. The Balaban J connectivity index is 2.32. The fourth-order valence-corrected chi connectivity index (χ4v) is 1.56. The first-order valence-electron chi connectivity index (χ1n) is 4.80. The molecule has 0 spiro atoms. The first-order chi connectivity index (χ1) is 6.38. The Bertz CT molecular complexity index is 123. The van der Waals surface area contributed by atoms with E-state index in [0.717, 1.165) is 26.2 Å². The monoisotopic (exact) mass is 189 g/mol. The summed E-state index contributed by atoms with van der Waals surface area (Å²) < 4.78 is 0. The Kier molecular flexibility index (Phi) is 5.26. The normalized spacial score (nSPS) is 19.6. The summed E-state index contributed by atoms with van der Waals surface area (Å²) in [6.45, 7) is 5.38. The van der Waals surface area contributed by atoms with Gasteiger partial charge in [-0.05, 0) is 0 Å². The van der Waals surface area contributed by atoms with E-state index in [2.05, 4.69) is 10.3 Å². The highest BCUT2D eigenvalue weighted by atomic mass is 16.3. The van der Waals surface area contributed by atoms with Gasteiger partial charge in [0.05, 0.1) is 26.3 Å². The molecule has 1 saturated heterocycles. The molecule has 0 aromatic rings. The molecule has 1 rings (SSSR count). The van der Waals surface area contributed by atoms with Gasteiger partial charge in [-0.3, -0.25) is 0 Å². The van der Waals surface area contributed by atoms with Crippen LogP contribution < -0.4 is 10.3 Å². The number of nitrogens with one attached hydrogen (secondary N) is 1. The van der Waals surface area contributed by atoms with Crippen LogP contribution in [0.1, 0.15) is 0 Å². The molecular formula is C8H19N3O2+. The second kappa shape index (κ2) is 6.28. The lowest BCUT2D eigenvalue weighted by atomic mass is 10.4. The Morgan fingerprint density at radius 1 is 1.08 bits per heavy atom. The molecule has 1 aliphatic heterocycles. The first-order valence-corrected chi connectivity index (χ1v) is 4.80. The van der Waals surface area contributed by atoms with Crippen LogP contribution in [0, 0.1) is 0 Å². The number of hydrogen-bond donors (Lipinski definition) is 3. The molecule has 0 aromatic heterocycles. The number of rotatable bonds is 5. The van der Waals surface area contributed by atoms with Crippen molar-refractivity contribution in [1.29, 1.82) is 0 Å². The highest BCUT2D eigenvalue weighted by molar-refractivity contribution is 4.69. The van der Waals surface area contributed by atoms with Crippen LogP contribution in [0.3, 0.4) is 0 Å². The molecule has 0 aromatic carbocycles. The number of aliphatic hydroxyl groups is 2. The van der Waals surface area contributed by atoms with Crippen LogP contribution in [0.4, 0.5) is 0 Å². The summed E-state index contributed by atoms with van der Waals surface area (Å²) in [5.74, 6) is 0. The Labute approximate surface area is 78.9 Å². The second-order valence-electron chi connectivity index (χ2n) is 3.10. The van der Waals surface area contributed by atoms with Crippen molar-refractivity contribution in [1.82, 2.24) is 15.3 Å². The smallest absolute Gasteiger partial charge is 0.167 e. The highest BCUT2D eigenvalue weighted by Crippen LogP contribution is 1.95. The van der Waals surface area contributed by atoms with Gasteiger partial charge in [0.2, 0.25) is 0 Å². The summed E-state index contributed by atoms with van der Waals surface area (Å²) in [4.78, 5) is 0. The van der Waals surface area contributed by atoms with E-state index in [9.17, 15) is 0 Å². The number of hydrazine groups is 1. The summed E-state index contributed by atoms with van der Waals surface area (Å²) >= 11 is 0. The molecule has 1 heterocycles. The first kappa shape index (κ1) is 10.9. The van der Waals surface area contributed by atoms with Crippen molar-refractivity contribution < 1.29 is 10.2 Å². The average molecular weight is 189 g/mol. The molecule has 0 aliphatic carbocycles. The molecule has 0 bridgehead atoms. The summed E-state index contributed by atoms with van der Waals surface area (Å²) in [5, 5.41) is 25.1. The minimum atomic E-state index is 0.143. The average Bonchev–Trinajstić information content (AvgIpc) is 2.19. The summed E-state index contributed by atoms with van der Waals surface area (Å²) in [5.41, 5.74) is 0. The van der Waals surface area contributed by atoms with Crippen LogP contribution in [-0.4, -0.2) is 67.7 Å². The molecule has 0 saturated carbocycles. The van der Waals surface area contributed by atoms with E-state index in [1.807, 2.05) is 5.01 Å². The van der Waals surface area contributed by atoms with E-state index in [4.69, 9.17) is 10.2 Å². The fourth-order valence-electron chi connectivity index (χ4n) is 1.56. The van der Waals surface area contributed by atoms with Crippen LogP contribution >= 0.6 is 0 Å². The third-order valence-electron chi connectivity index (χ3n) is 2.21. The SMILES string of the molecule is OCC[N+](CCO)N1CCNCC1. The molecule has 5 heteroatoms. The van der Waals surface area contributed by atoms with Gasteiger partial charge in [-0.15, -0.1) is 5.01 Å². The van der Waals surface area contributed by atoms with Crippen molar-refractivity contribution in [3.8, 4) is 0 Å². The van der Waals surface area contributed by atoms with Gasteiger partial charge < -0.3 is 15.5 Å². The molecule has 0 amide bonds. The van der Waals surface area contributed by atoms with Gasteiger partial charge in [-0.2, -0.15) is 0 Å². The zero-order valence-electron chi connectivity index (χ0n) is 7.95. The number of aliphatic hydroxyl groups excluding tert-OH is 2. The summed E-state index contributed by atoms with van der Waals surface area (Å²) in [6, 6.07) is 0. The highest BCUT2D eigenvalue weighted by Gasteiger charge is 2.25. The molecule has 13 heavy (non-hydrogen) atoms. The lowest BCUT2D eigenvalue weighted by Crippen LogP contribution is -2.57. The maximum Gasteiger partial charge on any atom is 0.167 e. The van der Waals surface area contributed by atoms with E-state index < -0.39 is 0 Å². The van der Waals surface area contributed by atoms with Crippen molar-refractivity contribution >= 4 is 0 Å². The standard InChI is InChI=1S/C8H19N3O2/c12-7-5-11(6-8-13)10-3-1-9-2-4-10/h9,12-13H,1-8H2/q+1. The Morgan fingerprint density at radius 3 is 2.08 bits per heavy atom. The Hall–Kier alpha value is -0.200. The van der Waals surface area contributed by atoms with E-state index in [0.29, 0.717) is 13.1 Å². The van der Waals surface area contributed by atoms with Crippen LogP contribution in [0.15, 0.2) is 0 Å². The van der Waals surface area contributed by atoms with Gasteiger partial charge in [0, 0.05) is 13.1 Å². The van der Waals surface area contributed by atoms with Gasteiger partial charge in [-0.25, -0.2) is 0 Å². The summed E-state index contributed by atoms with van der Waals surface area (Å²) in [6.07, 6.45) is 0. The molecule has 0 atom stereocenters. The van der Waals surface area contributed by atoms with Gasteiger partial charge in [0.25, 0.3) is 0 Å². The molecule has 0 unspecified atom stereocenters. The molecule has 1 aliphatic rings. The summed E-state index contributed by atoms with van der Waals surface area (Å²) in [7, 11) is 0. The largest absolute Gasteiger partial charge is 0.390 e. The van der Waals surface area contributed by atoms with Gasteiger partial charge in [0.15, 0.2) is 13.1 Å². The molecule has 5 nitrogen and oxygen atoms in total. The van der Waals surface area contributed by atoms with Gasteiger partial charge in [-0.1, -0.05) is 5.01 Å². The zero-order valence-corrected chi connectivity index (χ0v) is 7.95. The number of nitrogens with zero attached hydrogens (tertiary/aromatic N) is 2. The fraction of sp³-hybridized carbons (Fsp3) is 1.00. The Morgan fingerprint density at radius 2 is 1.62 bits per heavy atom. The van der Waals surface area contributed by atoms with Crippen molar-refractivity contribution in [3.63, 3.8) is 0 Å². The van der Waals surface area contributed by atoms with E-state index >= 15 is 0 Å². The van der Waals surface area contributed by atoms with Crippen LogP contribution in [0.25, 0.3) is 0 Å². The van der Waals surface area contributed by atoms with Crippen molar-refractivity contribution in [3.05, 3.63) is 0 Å². The second-order valence-corrected chi connectivity index (χ2v) is 3.10. The van der Waals surface area contributed by atoms with E-state index in [1.54, 1.807) is 0 Å². The molecule has 77 valence electrons. The molecule has 1 radical (unpaired) electrons. The molecular weight excluding hydrogens is 170 g/mol. The number of piperazine rings is 1. The maximum atomic E-state index is 8.83. The van der Waals surface area contributed by atoms with E-state index in [1.165, 1.54) is 0 Å². The van der Waals surface area contributed by atoms with Crippen LogP contribution in [0.2, 0.25) is 0 Å². The van der Waals surface area contributed by atoms with Crippen molar-refractivity contribution in [2.45, 2.75) is 0 Å². The number of hydrogen-bond acceptors (Lipinski definition) is 5. The predicted molar refractivity (Wildman–Crippen MR) is 50.5 cm³/mol.